The van der Waals surface area contributed by atoms with Gasteiger partial charge in [0.2, 0.25) is 10.0 Å². The lowest BCUT2D eigenvalue weighted by atomic mass is 9.65. The molecule has 1 aliphatic carbocycles. The molecule has 2 aromatic heterocycles. The van der Waals surface area contributed by atoms with Gasteiger partial charge in [-0.05, 0) is 79.1 Å². The Hall–Kier alpha value is -4.67. The molecular weight excluding hydrogens is 586 g/mol. The predicted octanol–water partition coefficient (Wildman–Crippen LogP) is 5.20. The number of Topliss-reactive ketones (excluding diaryl/α,β-unsaturated/α-hetero) is 1. The number of halogens is 4. The van der Waals surface area contributed by atoms with Gasteiger partial charge in [-0.1, -0.05) is 11.6 Å². The number of nitriles is 1. The summed E-state index contributed by atoms with van der Waals surface area (Å²) < 4.78 is 84.5. The van der Waals surface area contributed by atoms with Crippen LogP contribution >= 0.6 is 0 Å². The van der Waals surface area contributed by atoms with Gasteiger partial charge in [-0.2, -0.15) is 27.8 Å². The number of nitrogens with zero attached hydrogens (tertiary/aromatic N) is 5. The molecule has 0 radical (unpaired) electrons. The number of benzene rings is 2. The Balaban J connectivity index is 1.47. The van der Waals surface area contributed by atoms with Crippen molar-refractivity contribution in [1.82, 2.24) is 19.1 Å². The first-order valence-corrected chi connectivity index (χ1v) is 14.5. The summed E-state index contributed by atoms with van der Waals surface area (Å²) in [5.41, 5.74) is -0.727. The van der Waals surface area contributed by atoms with Crippen molar-refractivity contribution in [3.8, 4) is 11.8 Å². The molecule has 8 nitrogen and oxygen atoms in total. The number of carbonyl (C=O) groups is 1. The molecule has 1 saturated heterocycles. The highest BCUT2D eigenvalue weighted by molar-refractivity contribution is 7.89. The van der Waals surface area contributed by atoms with E-state index in [1.165, 1.54) is 54.7 Å². The molecule has 1 aliphatic heterocycles. The molecule has 0 saturated carbocycles. The van der Waals surface area contributed by atoms with E-state index in [0.29, 0.717) is 28.6 Å². The Morgan fingerprint density at radius 3 is 2.56 bits per heavy atom. The number of alkyl halides is 3. The third-order valence-corrected chi connectivity index (χ3v) is 9.65. The second-order valence-corrected chi connectivity index (χ2v) is 12.3. The minimum Gasteiger partial charge on any atom is -0.291 e. The first-order chi connectivity index (χ1) is 20.4. The van der Waals surface area contributed by atoms with Crippen LogP contribution in [-0.4, -0.2) is 46.4 Å². The molecule has 3 heterocycles. The fourth-order valence-corrected chi connectivity index (χ4v) is 7.21. The van der Waals surface area contributed by atoms with E-state index in [9.17, 15) is 36.0 Å². The zero-order chi connectivity index (χ0) is 30.6. The van der Waals surface area contributed by atoms with E-state index in [1.54, 1.807) is 10.8 Å². The lowest BCUT2D eigenvalue weighted by molar-refractivity contribution is -0.137. The van der Waals surface area contributed by atoms with Crippen molar-refractivity contribution in [3.05, 3.63) is 113 Å². The molecule has 4 aromatic rings. The van der Waals surface area contributed by atoms with Gasteiger partial charge in [0, 0.05) is 19.3 Å². The fraction of sp³-hybridized carbons (Fsp3) is 0.200. The van der Waals surface area contributed by atoms with Gasteiger partial charge in [0.15, 0.2) is 5.78 Å². The van der Waals surface area contributed by atoms with Gasteiger partial charge in [-0.25, -0.2) is 17.5 Å². The van der Waals surface area contributed by atoms with Crippen LogP contribution in [0.3, 0.4) is 0 Å². The summed E-state index contributed by atoms with van der Waals surface area (Å²) in [4.78, 5) is 18.1. The maximum absolute atomic E-state index is 14.3. The minimum absolute atomic E-state index is 0.0178. The zero-order valence-corrected chi connectivity index (χ0v) is 23.0. The number of sulfonamides is 1. The van der Waals surface area contributed by atoms with Gasteiger partial charge in [0.25, 0.3) is 0 Å². The largest absolute Gasteiger partial charge is 0.416 e. The second kappa shape index (κ2) is 10.3. The van der Waals surface area contributed by atoms with Crippen molar-refractivity contribution in [3.63, 3.8) is 0 Å². The van der Waals surface area contributed by atoms with Crippen LogP contribution in [0.25, 0.3) is 11.8 Å². The van der Waals surface area contributed by atoms with Crippen LogP contribution in [0.1, 0.15) is 39.3 Å². The number of piperidine rings is 1. The maximum Gasteiger partial charge on any atom is 0.416 e. The smallest absolute Gasteiger partial charge is 0.291 e. The van der Waals surface area contributed by atoms with Gasteiger partial charge in [0.05, 0.1) is 45.1 Å². The molecule has 1 unspecified atom stereocenters. The third kappa shape index (κ3) is 4.92. The Morgan fingerprint density at radius 2 is 1.84 bits per heavy atom. The quantitative estimate of drug-likeness (QED) is 0.228. The lowest BCUT2D eigenvalue weighted by Crippen LogP contribution is -2.53. The maximum atomic E-state index is 14.3. The van der Waals surface area contributed by atoms with Crippen molar-refractivity contribution in [2.24, 2.45) is 5.41 Å². The SMILES string of the molecule is N#Cc1cccc(S(=O)(=O)N2CCC3=Cc4c(cnn4-c4ccc(F)cc4)CC3(C(=O)c3cc(C(F)(F)F)ccn3)C2)c1. The first kappa shape index (κ1) is 28.4. The van der Waals surface area contributed by atoms with E-state index in [2.05, 4.69) is 10.1 Å². The molecule has 218 valence electrons. The fourth-order valence-electron chi connectivity index (χ4n) is 5.66. The molecule has 2 aliphatic rings. The summed E-state index contributed by atoms with van der Waals surface area (Å²) in [6, 6.07) is 14.4. The molecule has 13 heteroatoms. The number of carbonyl (C=O) groups excluding carboxylic acids is 1. The van der Waals surface area contributed by atoms with Crippen molar-refractivity contribution in [2.75, 3.05) is 13.1 Å². The Bertz CT molecular complexity index is 1950. The summed E-state index contributed by atoms with van der Waals surface area (Å²) in [5.74, 6) is -1.19. The highest BCUT2D eigenvalue weighted by Crippen LogP contribution is 2.47. The summed E-state index contributed by atoms with van der Waals surface area (Å²) in [7, 11) is -4.20. The second-order valence-electron chi connectivity index (χ2n) is 10.4. The van der Waals surface area contributed by atoms with E-state index < -0.39 is 44.5 Å². The number of hydrogen-bond acceptors (Lipinski definition) is 6. The van der Waals surface area contributed by atoms with Crippen LogP contribution in [-0.2, 0) is 22.6 Å². The Morgan fingerprint density at radius 1 is 1.07 bits per heavy atom. The molecule has 0 N–H and O–H groups in total. The predicted molar refractivity (Wildman–Crippen MR) is 146 cm³/mol. The van der Waals surface area contributed by atoms with E-state index in [0.717, 1.165) is 16.6 Å². The summed E-state index contributed by atoms with van der Waals surface area (Å²) >= 11 is 0. The monoisotopic (exact) mass is 607 g/mol. The highest BCUT2D eigenvalue weighted by Gasteiger charge is 2.51. The molecular formula is C30H21F4N5O3S. The standard InChI is InChI=1S/C30H21F4N5O3S/c31-23-4-6-24(7-5-23)39-27-14-21-9-11-38(43(41,42)25-3-1-2-19(12-25)16-35)18-29(21,15-20(27)17-37-39)28(40)26-13-22(8-10-36-26)30(32,33)34/h1-8,10,12-14,17H,9,11,15,18H2. The number of fused-ring (bicyclic) bond motifs is 2. The number of hydrogen-bond donors (Lipinski definition) is 0. The Labute approximate surface area is 243 Å². The van der Waals surface area contributed by atoms with Crippen LogP contribution < -0.4 is 0 Å². The molecule has 0 spiro atoms. The van der Waals surface area contributed by atoms with E-state index in [-0.39, 0.29) is 36.4 Å². The van der Waals surface area contributed by atoms with Crippen molar-refractivity contribution >= 4 is 21.9 Å². The minimum atomic E-state index is -4.72. The van der Waals surface area contributed by atoms with E-state index in [1.807, 2.05) is 6.07 Å². The van der Waals surface area contributed by atoms with E-state index >= 15 is 0 Å². The van der Waals surface area contributed by atoms with Gasteiger partial charge in [0.1, 0.15) is 11.5 Å². The molecule has 2 aromatic carbocycles. The molecule has 0 bridgehead atoms. The van der Waals surface area contributed by atoms with Crippen molar-refractivity contribution in [1.29, 1.82) is 5.26 Å². The van der Waals surface area contributed by atoms with Crippen LogP contribution in [0, 0.1) is 22.6 Å². The highest BCUT2D eigenvalue weighted by atomic mass is 32.2. The third-order valence-electron chi connectivity index (χ3n) is 7.81. The van der Waals surface area contributed by atoms with Crippen molar-refractivity contribution in [2.45, 2.75) is 23.9 Å². The van der Waals surface area contributed by atoms with Gasteiger partial charge >= 0.3 is 6.18 Å². The van der Waals surface area contributed by atoms with Crippen molar-refractivity contribution < 1.29 is 30.8 Å². The lowest BCUT2D eigenvalue weighted by Gasteiger charge is -2.44. The summed E-state index contributed by atoms with van der Waals surface area (Å²) in [6.45, 7) is -0.383. The average molecular weight is 608 g/mol. The number of aromatic nitrogens is 3. The van der Waals surface area contributed by atoms with Crippen LogP contribution in [0.5, 0.6) is 0 Å². The molecule has 6 rings (SSSR count). The van der Waals surface area contributed by atoms with Gasteiger partial charge < -0.3 is 0 Å². The Kier molecular flexibility index (Phi) is 6.78. The average Bonchev–Trinajstić information content (AvgIpc) is 3.41. The number of rotatable bonds is 5. The number of pyridine rings is 1. The molecule has 0 amide bonds. The van der Waals surface area contributed by atoms with Gasteiger partial charge in [-0.15, -0.1) is 0 Å². The van der Waals surface area contributed by atoms with Gasteiger partial charge in [-0.3, -0.25) is 9.78 Å². The van der Waals surface area contributed by atoms with Crippen LogP contribution in [0.4, 0.5) is 17.6 Å². The molecule has 43 heavy (non-hydrogen) atoms. The van der Waals surface area contributed by atoms with E-state index in [4.69, 9.17) is 0 Å². The van der Waals surface area contributed by atoms with Crippen LogP contribution in [0.15, 0.2) is 83.5 Å². The first-order valence-electron chi connectivity index (χ1n) is 13.0. The molecule has 1 atom stereocenters. The summed E-state index contributed by atoms with van der Waals surface area (Å²) in [5, 5.41) is 13.7. The zero-order valence-electron chi connectivity index (χ0n) is 22.2. The summed E-state index contributed by atoms with van der Waals surface area (Å²) in [6.07, 6.45) is -0.572. The molecule has 1 fully saturated rings. The van der Waals surface area contributed by atoms with Crippen LogP contribution in [0.2, 0.25) is 0 Å². The normalized spacial score (nSPS) is 18.7. The topological polar surface area (TPSA) is 109 Å². The number of ketones is 1.